The topological polar surface area (TPSA) is 61.4 Å². The summed E-state index contributed by atoms with van der Waals surface area (Å²) in [5.74, 6) is 0.181. The summed E-state index contributed by atoms with van der Waals surface area (Å²) >= 11 is 12.7. The van der Waals surface area contributed by atoms with Crippen LogP contribution in [0.1, 0.15) is 42.6 Å². The molecule has 0 unspecified atom stereocenters. The van der Waals surface area contributed by atoms with Gasteiger partial charge in [0.05, 0.1) is 21.9 Å². The van der Waals surface area contributed by atoms with Crippen LogP contribution in [0.25, 0.3) is 0 Å². The number of hydrogen-bond acceptors (Lipinski definition) is 5. The van der Waals surface area contributed by atoms with Gasteiger partial charge in [0, 0.05) is 31.9 Å². The first kappa shape index (κ1) is 19.3. The number of aromatic nitrogens is 2. The van der Waals surface area contributed by atoms with Crippen molar-refractivity contribution in [2.24, 2.45) is 0 Å². The Morgan fingerprint density at radius 1 is 0.929 bits per heavy atom. The van der Waals surface area contributed by atoms with Crippen molar-refractivity contribution in [2.45, 2.75) is 32.1 Å². The highest BCUT2D eigenvalue weighted by Gasteiger charge is 2.20. The molecule has 0 saturated carbocycles. The van der Waals surface area contributed by atoms with Crippen LogP contribution in [-0.4, -0.2) is 42.1 Å². The molecule has 0 atom stereocenters. The molecule has 2 aromatic rings. The summed E-state index contributed by atoms with van der Waals surface area (Å²) in [6.07, 6.45) is 7.33. The Hall–Kier alpha value is -2.05. The molecule has 6 nitrogen and oxygen atoms in total. The van der Waals surface area contributed by atoms with Crippen LogP contribution in [0.3, 0.4) is 0 Å². The van der Waals surface area contributed by atoms with E-state index < -0.39 is 0 Å². The van der Waals surface area contributed by atoms with Gasteiger partial charge < -0.3 is 15.1 Å². The number of amides is 1. The number of halogens is 2. The van der Waals surface area contributed by atoms with Gasteiger partial charge >= 0.3 is 0 Å². The molecule has 0 bridgehead atoms. The number of anilines is 3. The summed E-state index contributed by atoms with van der Waals surface area (Å²) in [6.45, 7) is 3.83. The van der Waals surface area contributed by atoms with E-state index in [-0.39, 0.29) is 16.6 Å². The molecule has 2 aliphatic heterocycles. The zero-order chi connectivity index (χ0) is 19.5. The second-order valence-corrected chi connectivity index (χ2v) is 8.04. The zero-order valence-corrected chi connectivity index (χ0v) is 17.1. The van der Waals surface area contributed by atoms with E-state index in [1.54, 1.807) is 6.07 Å². The van der Waals surface area contributed by atoms with Gasteiger partial charge in [0.1, 0.15) is 0 Å². The molecule has 1 amide bonds. The summed E-state index contributed by atoms with van der Waals surface area (Å²) in [7, 11) is 0. The lowest BCUT2D eigenvalue weighted by molar-refractivity contribution is 0.102. The molecule has 2 fully saturated rings. The van der Waals surface area contributed by atoms with E-state index in [4.69, 9.17) is 23.2 Å². The van der Waals surface area contributed by atoms with Crippen molar-refractivity contribution < 1.29 is 4.79 Å². The summed E-state index contributed by atoms with van der Waals surface area (Å²) in [6, 6.07) is 5.60. The van der Waals surface area contributed by atoms with E-state index >= 15 is 0 Å². The second-order valence-electron chi connectivity index (χ2n) is 7.23. The van der Waals surface area contributed by atoms with Crippen molar-refractivity contribution in [3.63, 3.8) is 0 Å². The largest absolute Gasteiger partial charge is 0.370 e. The van der Waals surface area contributed by atoms with E-state index in [9.17, 15) is 4.79 Å². The number of carbonyl (C=O) groups is 1. The second kappa shape index (κ2) is 8.53. The van der Waals surface area contributed by atoms with E-state index in [0.717, 1.165) is 44.7 Å². The van der Waals surface area contributed by atoms with Crippen molar-refractivity contribution in [3.8, 4) is 0 Å². The van der Waals surface area contributed by atoms with Gasteiger partial charge in [-0.15, -0.1) is 0 Å². The number of nitrogens with one attached hydrogen (secondary N) is 1. The molecule has 1 N–H and O–H groups in total. The van der Waals surface area contributed by atoms with Crippen LogP contribution >= 0.6 is 23.2 Å². The third-order valence-corrected chi connectivity index (χ3v) is 5.82. The molecule has 0 radical (unpaired) electrons. The third-order valence-electron chi connectivity index (χ3n) is 5.24. The summed E-state index contributed by atoms with van der Waals surface area (Å²) in [5, 5.41) is 3.72. The predicted molar refractivity (Wildman–Crippen MR) is 114 cm³/mol. The first-order chi connectivity index (χ1) is 13.6. The van der Waals surface area contributed by atoms with Crippen LogP contribution in [-0.2, 0) is 0 Å². The zero-order valence-electron chi connectivity index (χ0n) is 15.6. The Bertz CT molecular complexity index is 864. The van der Waals surface area contributed by atoms with Gasteiger partial charge in [0.2, 0.25) is 5.95 Å². The Morgan fingerprint density at radius 3 is 2.32 bits per heavy atom. The lowest BCUT2D eigenvalue weighted by atomic mass is 10.1. The standard InChI is InChI=1S/C20H23Cl2N5O/c21-15-12-14(6-7-17(15)26-8-2-1-3-9-26)24-19(28)18-16(22)13-23-20(25-18)27-10-4-5-11-27/h6-7,12-13H,1-5,8-11H2,(H,24,28). The molecule has 0 aliphatic carbocycles. The van der Waals surface area contributed by atoms with Gasteiger partial charge in [-0.05, 0) is 50.3 Å². The fraction of sp³-hybridized carbons (Fsp3) is 0.450. The first-order valence-electron chi connectivity index (χ1n) is 9.75. The quantitative estimate of drug-likeness (QED) is 0.782. The van der Waals surface area contributed by atoms with E-state index in [1.807, 2.05) is 12.1 Å². The maximum absolute atomic E-state index is 12.7. The molecule has 8 heteroatoms. The maximum Gasteiger partial charge on any atom is 0.276 e. The fourth-order valence-corrected chi connectivity index (χ4v) is 4.23. The van der Waals surface area contributed by atoms with Crippen molar-refractivity contribution in [1.82, 2.24) is 9.97 Å². The fourth-order valence-electron chi connectivity index (χ4n) is 3.75. The number of carbonyl (C=O) groups excluding carboxylic acids is 1. The van der Waals surface area contributed by atoms with Crippen LogP contribution in [0.2, 0.25) is 10.0 Å². The summed E-state index contributed by atoms with van der Waals surface area (Å²) in [4.78, 5) is 25.8. The minimum atomic E-state index is -0.366. The minimum Gasteiger partial charge on any atom is -0.370 e. The normalized spacial score (nSPS) is 17.1. The smallest absolute Gasteiger partial charge is 0.276 e. The lowest BCUT2D eigenvalue weighted by Gasteiger charge is -2.29. The molecule has 1 aromatic carbocycles. The van der Waals surface area contributed by atoms with Gasteiger partial charge in [0.15, 0.2) is 5.69 Å². The van der Waals surface area contributed by atoms with Crippen LogP contribution < -0.4 is 15.1 Å². The number of nitrogens with zero attached hydrogens (tertiary/aromatic N) is 4. The average Bonchev–Trinajstić information content (AvgIpc) is 3.24. The molecule has 3 heterocycles. The van der Waals surface area contributed by atoms with Gasteiger partial charge in [0.25, 0.3) is 5.91 Å². The molecule has 148 valence electrons. The minimum absolute atomic E-state index is 0.176. The van der Waals surface area contributed by atoms with Crippen molar-refractivity contribution in [1.29, 1.82) is 0 Å². The number of piperidine rings is 1. The van der Waals surface area contributed by atoms with Crippen LogP contribution in [0.4, 0.5) is 17.3 Å². The van der Waals surface area contributed by atoms with Crippen LogP contribution in [0.15, 0.2) is 24.4 Å². The van der Waals surface area contributed by atoms with Crippen LogP contribution in [0.5, 0.6) is 0 Å². The van der Waals surface area contributed by atoms with E-state index in [0.29, 0.717) is 16.7 Å². The van der Waals surface area contributed by atoms with Crippen molar-refractivity contribution in [3.05, 3.63) is 40.1 Å². The van der Waals surface area contributed by atoms with Gasteiger partial charge in [-0.25, -0.2) is 9.97 Å². The van der Waals surface area contributed by atoms with E-state index in [2.05, 4.69) is 25.1 Å². The van der Waals surface area contributed by atoms with Crippen molar-refractivity contribution in [2.75, 3.05) is 41.3 Å². The molecule has 2 aliphatic rings. The highest BCUT2D eigenvalue weighted by Crippen LogP contribution is 2.31. The van der Waals surface area contributed by atoms with Crippen molar-refractivity contribution >= 4 is 46.4 Å². The van der Waals surface area contributed by atoms with Gasteiger partial charge in [-0.3, -0.25) is 4.79 Å². The summed E-state index contributed by atoms with van der Waals surface area (Å²) in [5.41, 5.74) is 1.80. The highest BCUT2D eigenvalue weighted by atomic mass is 35.5. The maximum atomic E-state index is 12.7. The predicted octanol–water partition coefficient (Wildman–Crippen LogP) is 4.63. The van der Waals surface area contributed by atoms with Gasteiger partial charge in [-0.1, -0.05) is 23.2 Å². The first-order valence-corrected chi connectivity index (χ1v) is 10.5. The SMILES string of the molecule is O=C(Nc1ccc(N2CCCCC2)c(Cl)c1)c1nc(N2CCCC2)ncc1Cl. The number of rotatable bonds is 4. The highest BCUT2D eigenvalue weighted by molar-refractivity contribution is 6.34. The Kier molecular flexibility index (Phi) is 5.87. The molecule has 4 rings (SSSR count). The molecule has 2 saturated heterocycles. The Balaban J connectivity index is 1.50. The van der Waals surface area contributed by atoms with Crippen LogP contribution in [0, 0.1) is 0 Å². The molecule has 1 aromatic heterocycles. The average molecular weight is 420 g/mol. The van der Waals surface area contributed by atoms with Gasteiger partial charge in [-0.2, -0.15) is 0 Å². The molecular weight excluding hydrogens is 397 g/mol. The molecule has 28 heavy (non-hydrogen) atoms. The third kappa shape index (κ3) is 4.18. The Labute approximate surface area is 174 Å². The molecule has 0 spiro atoms. The number of benzene rings is 1. The number of hydrogen-bond donors (Lipinski definition) is 1. The monoisotopic (exact) mass is 419 g/mol. The van der Waals surface area contributed by atoms with E-state index in [1.165, 1.54) is 25.5 Å². The molecular formula is C20H23Cl2N5O. The Morgan fingerprint density at radius 2 is 1.61 bits per heavy atom. The summed E-state index contributed by atoms with van der Waals surface area (Å²) < 4.78 is 0. The lowest BCUT2D eigenvalue weighted by Crippen LogP contribution is -2.29.